The van der Waals surface area contributed by atoms with Crippen LogP contribution in [0.15, 0.2) is 46.7 Å². The van der Waals surface area contributed by atoms with Crippen LogP contribution in [0, 0.1) is 5.92 Å². The second-order valence-corrected chi connectivity index (χ2v) is 12.8. The fraction of sp³-hybridized carbons (Fsp3) is 0.500. The van der Waals surface area contributed by atoms with Gasteiger partial charge in [-0.15, -0.1) is 11.3 Å². The van der Waals surface area contributed by atoms with Gasteiger partial charge in [-0.05, 0) is 37.1 Å². The van der Waals surface area contributed by atoms with E-state index in [0.717, 1.165) is 18.7 Å². The van der Waals surface area contributed by atoms with Gasteiger partial charge in [0.05, 0.1) is 10.8 Å². The summed E-state index contributed by atoms with van der Waals surface area (Å²) in [5.74, 6) is -3.33. The summed E-state index contributed by atoms with van der Waals surface area (Å²) in [5.41, 5.74) is 6.50. The van der Waals surface area contributed by atoms with Gasteiger partial charge in [-0.2, -0.15) is 17.5 Å². The Labute approximate surface area is 223 Å². The second-order valence-electron chi connectivity index (χ2n) is 9.47. The molecule has 208 valence electrons. The number of carbonyl (C=O) groups excluding carboxylic acids is 2. The fourth-order valence-corrected chi connectivity index (χ4v) is 7.62. The highest BCUT2D eigenvalue weighted by Crippen LogP contribution is 2.36. The molecule has 0 bridgehead atoms. The van der Waals surface area contributed by atoms with E-state index in [1.807, 2.05) is 37.4 Å². The van der Waals surface area contributed by atoms with Crippen LogP contribution in [-0.2, 0) is 24.3 Å². The minimum atomic E-state index is -5.23. The Morgan fingerprint density at radius 3 is 2.34 bits per heavy atom. The number of ether oxygens (including phenoxy) is 1. The average molecular weight is 575 g/mol. The molecule has 1 unspecified atom stereocenters. The number of nitrogens with two attached hydrogens (primary N) is 1. The molecule has 4 rings (SSSR count). The third kappa shape index (κ3) is 6.37. The summed E-state index contributed by atoms with van der Waals surface area (Å²) in [7, 11) is -2.14. The van der Waals surface area contributed by atoms with Gasteiger partial charge >= 0.3 is 12.1 Å². The Bertz CT molecular complexity index is 1250. The number of nitrogens with zero attached hydrogens (tertiary/aromatic N) is 3. The number of amides is 1. The van der Waals surface area contributed by atoms with Crippen LogP contribution in [0.5, 0.6) is 0 Å². The smallest absolute Gasteiger partial charge is 0.435 e. The van der Waals surface area contributed by atoms with E-state index < -0.39 is 34.3 Å². The van der Waals surface area contributed by atoms with Crippen molar-refractivity contribution in [1.82, 2.24) is 14.1 Å². The lowest BCUT2D eigenvalue weighted by Crippen LogP contribution is -2.53. The maximum atomic E-state index is 13.6. The van der Waals surface area contributed by atoms with Gasteiger partial charge in [0.2, 0.25) is 5.91 Å². The first-order valence-electron chi connectivity index (χ1n) is 12.0. The molecule has 0 aliphatic carbocycles. The highest BCUT2D eigenvalue weighted by atomic mass is 32.2. The lowest BCUT2D eigenvalue weighted by Gasteiger charge is -2.40. The van der Waals surface area contributed by atoms with Gasteiger partial charge in [0.25, 0.3) is 10.0 Å². The Balaban J connectivity index is 1.56. The van der Waals surface area contributed by atoms with Crippen molar-refractivity contribution < 1.29 is 35.9 Å². The van der Waals surface area contributed by atoms with Gasteiger partial charge in [0, 0.05) is 39.3 Å². The van der Waals surface area contributed by atoms with Gasteiger partial charge in [-0.1, -0.05) is 30.3 Å². The normalized spacial score (nSPS) is 22.7. The van der Waals surface area contributed by atoms with E-state index in [4.69, 9.17) is 5.73 Å². The Hall–Kier alpha value is -2.52. The van der Waals surface area contributed by atoms with Crippen molar-refractivity contribution in [2.75, 3.05) is 46.3 Å². The zero-order chi connectivity index (χ0) is 27.7. The Kier molecular flexibility index (Phi) is 8.47. The van der Waals surface area contributed by atoms with Crippen LogP contribution in [0.25, 0.3) is 0 Å². The standard InChI is InChI=1S/C24H29F3N4O5S2/c1-29-9-11-30(12-10-29)22(32)18-13-17(16-5-3-2-4-6-16)14-31(15-18)38(34,35)20-8-7-19(37-20)21(28)36-23(33)24(25,26)27/h2-8,17-18,21H,9-15,28H2,1H3/t17-,18+,21?/m1/s1. The minimum absolute atomic E-state index is 0.0147. The summed E-state index contributed by atoms with van der Waals surface area (Å²) in [5, 5.41) is 0. The number of thiophene rings is 1. The van der Waals surface area contributed by atoms with Crippen molar-refractivity contribution >= 4 is 33.2 Å². The Morgan fingerprint density at radius 2 is 1.71 bits per heavy atom. The zero-order valence-corrected chi connectivity index (χ0v) is 22.3. The first-order valence-corrected chi connectivity index (χ1v) is 14.3. The monoisotopic (exact) mass is 574 g/mol. The first kappa shape index (κ1) is 28.5. The highest BCUT2D eigenvalue weighted by Gasteiger charge is 2.43. The van der Waals surface area contributed by atoms with E-state index >= 15 is 0 Å². The van der Waals surface area contributed by atoms with E-state index in [1.54, 1.807) is 4.90 Å². The molecule has 2 aliphatic heterocycles. The average Bonchev–Trinajstić information content (AvgIpc) is 3.40. The highest BCUT2D eigenvalue weighted by molar-refractivity contribution is 7.91. The lowest BCUT2D eigenvalue weighted by molar-refractivity contribution is -0.204. The van der Waals surface area contributed by atoms with Crippen LogP contribution >= 0.6 is 11.3 Å². The number of carbonyl (C=O) groups is 2. The summed E-state index contributed by atoms with van der Waals surface area (Å²) in [6, 6.07) is 11.8. The summed E-state index contributed by atoms with van der Waals surface area (Å²) in [6.45, 7) is 2.73. The van der Waals surface area contributed by atoms with Crippen LogP contribution in [0.1, 0.15) is 29.0 Å². The van der Waals surface area contributed by atoms with Crippen molar-refractivity contribution in [3.63, 3.8) is 0 Å². The molecule has 2 aliphatic rings. The number of likely N-dealkylation sites (N-methyl/N-ethyl adjacent to an activating group) is 1. The third-order valence-corrected chi connectivity index (χ3v) is 10.2. The van der Waals surface area contributed by atoms with Crippen LogP contribution in [0.2, 0.25) is 0 Å². The fourth-order valence-electron chi connectivity index (χ4n) is 4.68. The number of benzene rings is 1. The molecule has 0 radical (unpaired) electrons. The van der Waals surface area contributed by atoms with Gasteiger partial charge < -0.3 is 14.5 Å². The van der Waals surface area contributed by atoms with Crippen molar-refractivity contribution in [1.29, 1.82) is 0 Å². The molecule has 2 fully saturated rings. The molecular formula is C24H29F3N4O5S2. The van der Waals surface area contributed by atoms with E-state index in [-0.39, 0.29) is 34.0 Å². The number of piperazine rings is 1. The minimum Gasteiger partial charge on any atom is -0.435 e. The largest absolute Gasteiger partial charge is 0.490 e. The molecule has 0 saturated carbocycles. The van der Waals surface area contributed by atoms with E-state index in [0.29, 0.717) is 30.8 Å². The van der Waals surface area contributed by atoms with Gasteiger partial charge in [-0.25, -0.2) is 13.2 Å². The second kappa shape index (κ2) is 11.3. The maximum absolute atomic E-state index is 13.6. The number of halogens is 3. The van der Waals surface area contributed by atoms with Crippen molar-refractivity contribution in [3.05, 3.63) is 52.9 Å². The summed E-state index contributed by atoms with van der Waals surface area (Å²) in [6.07, 6.45) is -6.51. The zero-order valence-electron chi connectivity index (χ0n) is 20.6. The van der Waals surface area contributed by atoms with Crippen LogP contribution in [0.4, 0.5) is 13.2 Å². The van der Waals surface area contributed by atoms with Crippen LogP contribution in [-0.4, -0.2) is 86.9 Å². The third-order valence-electron chi connectivity index (χ3n) is 6.79. The molecule has 1 aromatic carbocycles. The first-order chi connectivity index (χ1) is 17.9. The molecule has 0 spiro atoms. The number of alkyl halides is 3. The number of piperidine rings is 1. The number of rotatable bonds is 6. The molecule has 14 heteroatoms. The summed E-state index contributed by atoms with van der Waals surface area (Å²) in [4.78, 5) is 28.4. The molecule has 1 amide bonds. The predicted molar refractivity (Wildman–Crippen MR) is 134 cm³/mol. The summed E-state index contributed by atoms with van der Waals surface area (Å²) < 4.78 is 70.2. The predicted octanol–water partition coefficient (Wildman–Crippen LogP) is 2.38. The molecular weight excluding hydrogens is 545 g/mol. The van der Waals surface area contributed by atoms with Crippen molar-refractivity contribution in [3.8, 4) is 0 Å². The number of hydrogen-bond acceptors (Lipinski definition) is 8. The van der Waals surface area contributed by atoms with E-state index in [1.165, 1.54) is 16.4 Å². The molecule has 3 atom stereocenters. The van der Waals surface area contributed by atoms with Gasteiger partial charge in [0.1, 0.15) is 4.21 Å². The molecule has 2 N–H and O–H groups in total. The SMILES string of the molecule is CN1CCN(C(=O)[C@H]2C[C@@H](c3ccccc3)CN(S(=O)(=O)c3ccc(C(N)OC(=O)C(F)(F)F)s3)C2)CC1. The molecule has 2 saturated heterocycles. The topological polar surface area (TPSA) is 113 Å². The van der Waals surface area contributed by atoms with E-state index in [9.17, 15) is 31.2 Å². The molecule has 38 heavy (non-hydrogen) atoms. The molecule has 2 aromatic rings. The van der Waals surface area contributed by atoms with Crippen LogP contribution < -0.4 is 5.73 Å². The van der Waals surface area contributed by atoms with Crippen molar-refractivity contribution in [2.45, 2.75) is 29.0 Å². The number of sulfonamides is 1. The van der Waals surface area contributed by atoms with Gasteiger partial charge in [-0.3, -0.25) is 10.5 Å². The number of hydrogen-bond donors (Lipinski definition) is 1. The maximum Gasteiger partial charge on any atom is 0.490 e. The van der Waals surface area contributed by atoms with Crippen LogP contribution in [0.3, 0.4) is 0 Å². The molecule has 9 nitrogen and oxygen atoms in total. The van der Waals surface area contributed by atoms with E-state index in [2.05, 4.69) is 9.64 Å². The van der Waals surface area contributed by atoms with Gasteiger partial charge in [0.15, 0.2) is 6.23 Å². The quantitative estimate of drug-likeness (QED) is 0.416. The van der Waals surface area contributed by atoms with Crippen molar-refractivity contribution in [2.24, 2.45) is 11.7 Å². The summed E-state index contributed by atoms with van der Waals surface area (Å²) >= 11 is 0.629. The number of esters is 1. The lowest BCUT2D eigenvalue weighted by atomic mass is 9.85. The Morgan fingerprint density at radius 1 is 1.05 bits per heavy atom. The molecule has 1 aromatic heterocycles. The molecule has 3 heterocycles.